The number of fused-ring (bicyclic) bond motifs is 13. The molecule has 0 aromatic heterocycles. The van der Waals surface area contributed by atoms with E-state index in [2.05, 4.69) is 159 Å². The van der Waals surface area contributed by atoms with Gasteiger partial charge in [0, 0.05) is 22.1 Å². The predicted octanol–water partition coefficient (Wildman–Crippen LogP) is 11.3. The molecule has 0 saturated heterocycles. The standard InChI is InChI=1S/C44H30O/c1-43(2)37-19-9-10-21-41(37)45-42-30(16-11-20-38(42)43)29-22-23-33-34-24-27-12-3-4-13-28(27)25-40(34)44(39(33)26-29)35-17-7-5-14-31(35)32-15-6-8-18-36(32)44/h3-26H,1-2H3. The van der Waals surface area contributed by atoms with Crippen molar-refractivity contribution in [2.45, 2.75) is 24.7 Å². The highest BCUT2D eigenvalue weighted by Crippen LogP contribution is 2.64. The Hall–Kier alpha value is -5.40. The molecule has 0 N–H and O–H groups in total. The van der Waals surface area contributed by atoms with Gasteiger partial charge in [0.1, 0.15) is 11.5 Å². The van der Waals surface area contributed by atoms with Gasteiger partial charge in [-0.25, -0.2) is 0 Å². The van der Waals surface area contributed by atoms with Crippen molar-refractivity contribution in [2.75, 3.05) is 0 Å². The van der Waals surface area contributed by atoms with E-state index in [1.54, 1.807) is 0 Å². The summed E-state index contributed by atoms with van der Waals surface area (Å²) in [4.78, 5) is 0. The van der Waals surface area contributed by atoms with E-state index in [0.29, 0.717) is 0 Å². The third-order valence-electron chi connectivity index (χ3n) is 10.7. The molecule has 1 nitrogen and oxygen atoms in total. The van der Waals surface area contributed by atoms with E-state index in [-0.39, 0.29) is 5.41 Å². The van der Waals surface area contributed by atoms with Gasteiger partial charge in [-0.2, -0.15) is 0 Å². The lowest BCUT2D eigenvalue weighted by Crippen LogP contribution is -2.26. The molecule has 0 atom stereocenters. The van der Waals surface area contributed by atoms with Gasteiger partial charge in [0.15, 0.2) is 0 Å². The summed E-state index contributed by atoms with van der Waals surface area (Å²) in [5.41, 5.74) is 14.9. The van der Waals surface area contributed by atoms with Crippen molar-refractivity contribution in [3.05, 3.63) is 179 Å². The van der Waals surface area contributed by atoms with Crippen LogP contribution in [0.2, 0.25) is 0 Å². The van der Waals surface area contributed by atoms with E-state index < -0.39 is 5.41 Å². The van der Waals surface area contributed by atoms with Gasteiger partial charge >= 0.3 is 0 Å². The molecular formula is C44H30O. The zero-order chi connectivity index (χ0) is 29.9. The summed E-state index contributed by atoms with van der Waals surface area (Å²) in [5.74, 6) is 1.90. The average molecular weight is 575 g/mol. The van der Waals surface area contributed by atoms with Gasteiger partial charge in [-0.1, -0.05) is 135 Å². The lowest BCUT2D eigenvalue weighted by molar-refractivity contribution is 0.419. The topological polar surface area (TPSA) is 9.23 Å². The van der Waals surface area contributed by atoms with E-state index in [0.717, 1.165) is 17.1 Å². The first-order valence-electron chi connectivity index (χ1n) is 15.9. The Bertz CT molecular complexity index is 2340. The van der Waals surface area contributed by atoms with Gasteiger partial charge in [0.05, 0.1) is 5.41 Å². The summed E-state index contributed by atoms with van der Waals surface area (Å²) in [6, 6.07) is 53.9. The highest BCUT2D eigenvalue weighted by atomic mass is 16.5. The zero-order valence-corrected chi connectivity index (χ0v) is 25.3. The fraction of sp³-hybridized carbons (Fsp3) is 0.0909. The first-order valence-corrected chi connectivity index (χ1v) is 15.9. The Kier molecular flexibility index (Phi) is 4.78. The van der Waals surface area contributed by atoms with Gasteiger partial charge in [0.2, 0.25) is 0 Å². The lowest BCUT2D eigenvalue weighted by Gasteiger charge is -2.35. The molecule has 0 radical (unpaired) electrons. The minimum Gasteiger partial charge on any atom is -0.456 e. The van der Waals surface area contributed by atoms with Crippen LogP contribution in [-0.4, -0.2) is 0 Å². The maximum Gasteiger partial charge on any atom is 0.139 e. The molecule has 0 unspecified atom stereocenters. The normalized spacial score (nSPS) is 15.4. The van der Waals surface area contributed by atoms with Crippen molar-refractivity contribution in [1.29, 1.82) is 0 Å². The van der Waals surface area contributed by atoms with Crippen molar-refractivity contribution in [3.8, 4) is 44.9 Å². The Morgan fingerprint density at radius 2 is 0.956 bits per heavy atom. The second kappa shape index (κ2) is 8.61. The third-order valence-corrected chi connectivity index (χ3v) is 10.7. The SMILES string of the molecule is CC1(C)c2ccccc2Oc2c(-c3ccc4c(c3)C3(c5ccccc5-c5ccccc53)c3cc5ccccc5cc3-4)cccc21. The van der Waals surface area contributed by atoms with Gasteiger partial charge in [0.25, 0.3) is 0 Å². The molecule has 212 valence electrons. The Balaban J connectivity index is 1.28. The van der Waals surface area contributed by atoms with E-state index in [9.17, 15) is 0 Å². The summed E-state index contributed by atoms with van der Waals surface area (Å²) in [6.45, 7) is 4.62. The predicted molar refractivity (Wildman–Crippen MR) is 184 cm³/mol. The second-order valence-electron chi connectivity index (χ2n) is 13.3. The summed E-state index contributed by atoms with van der Waals surface area (Å²) in [7, 11) is 0. The molecular weight excluding hydrogens is 544 g/mol. The maximum absolute atomic E-state index is 6.76. The molecule has 10 rings (SSSR count). The number of ether oxygens (including phenoxy) is 1. The van der Waals surface area contributed by atoms with Crippen LogP contribution in [0.25, 0.3) is 44.2 Å². The molecule has 0 fully saturated rings. The lowest BCUT2D eigenvalue weighted by atomic mass is 9.70. The fourth-order valence-electron chi connectivity index (χ4n) is 8.68. The van der Waals surface area contributed by atoms with E-state index in [1.807, 2.05) is 0 Å². The average Bonchev–Trinajstić information content (AvgIpc) is 3.53. The summed E-state index contributed by atoms with van der Waals surface area (Å²) >= 11 is 0. The van der Waals surface area contributed by atoms with E-state index >= 15 is 0 Å². The first-order chi connectivity index (χ1) is 22.1. The van der Waals surface area contributed by atoms with Crippen LogP contribution in [0.15, 0.2) is 146 Å². The minimum absolute atomic E-state index is 0.169. The second-order valence-corrected chi connectivity index (χ2v) is 13.3. The molecule has 1 heteroatoms. The third kappa shape index (κ3) is 3.08. The highest BCUT2D eigenvalue weighted by Gasteiger charge is 2.51. The number of para-hydroxylation sites is 2. The van der Waals surface area contributed by atoms with Gasteiger partial charge in [-0.05, 0) is 85.1 Å². The first kappa shape index (κ1) is 25.0. The molecule has 1 heterocycles. The molecule has 7 aromatic rings. The number of benzene rings is 7. The van der Waals surface area contributed by atoms with Crippen LogP contribution in [0.1, 0.15) is 47.2 Å². The largest absolute Gasteiger partial charge is 0.456 e. The van der Waals surface area contributed by atoms with E-state index in [4.69, 9.17) is 4.74 Å². The summed E-state index contributed by atoms with van der Waals surface area (Å²) in [6.07, 6.45) is 0. The van der Waals surface area contributed by atoms with Crippen molar-refractivity contribution >= 4 is 10.8 Å². The number of rotatable bonds is 1. The smallest absolute Gasteiger partial charge is 0.139 e. The van der Waals surface area contributed by atoms with Crippen molar-refractivity contribution in [2.24, 2.45) is 0 Å². The van der Waals surface area contributed by atoms with Crippen LogP contribution in [-0.2, 0) is 10.8 Å². The van der Waals surface area contributed by atoms with Crippen LogP contribution in [0.3, 0.4) is 0 Å². The number of hydrogen-bond donors (Lipinski definition) is 0. The molecule has 7 aromatic carbocycles. The van der Waals surface area contributed by atoms with Crippen LogP contribution in [0.5, 0.6) is 11.5 Å². The minimum atomic E-state index is -0.403. The monoisotopic (exact) mass is 574 g/mol. The van der Waals surface area contributed by atoms with Crippen LogP contribution in [0, 0.1) is 0 Å². The van der Waals surface area contributed by atoms with Crippen LogP contribution >= 0.6 is 0 Å². The molecule has 2 aliphatic carbocycles. The quantitative estimate of drug-likeness (QED) is 0.189. The summed E-state index contributed by atoms with van der Waals surface area (Å²) in [5, 5.41) is 2.55. The Labute approximate surface area is 263 Å². The van der Waals surface area contributed by atoms with Gasteiger partial charge in [-0.3, -0.25) is 0 Å². The van der Waals surface area contributed by atoms with Crippen LogP contribution in [0.4, 0.5) is 0 Å². The van der Waals surface area contributed by atoms with Gasteiger partial charge in [-0.15, -0.1) is 0 Å². The zero-order valence-electron chi connectivity index (χ0n) is 25.3. The fourth-order valence-corrected chi connectivity index (χ4v) is 8.68. The van der Waals surface area contributed by atoms with Crippen molar-refractivity contribution < 1.29 is 4.74 Å². The summed E-state index contributed by atoms with van der Waals surface area (Å²) < 4.78 is 6.76. The molecule has 1 spiro atoms. The Morgan fingerprint density at radius 1 is 0.400 bits per heavy atom. The maximum atomic E-state index is 6.76. The molecule has 0 amide bonds. The molecule has 1 aliphatic heterocycles. The van der Waals surface area contributed by atoms with Crippen molar-refractivity contribution in [1.82, 2.24) is 0 Å². The molecule has 3 aliphatic rings. The molecule has 45 heavy (non-hydrogen) atoms. The number of hydrogen-bond acceptors (Lipinski definition) is 1. The molecule has 0 saturated carbocycles. The van der Waals surface area contributed by atoms with Crippen molar-refractivity contribution in [3.63, 3.8) is 0 Å². The Morgan fingerprint density at radius 3 is 1.71 bits per heavy atom. The van der Waals surface area contributed by atoms with Gasteiger partial charge < -0.3 is 4.74 Å². The molecule has 0 bridgehead atoms. The van der Waals surface area contributed by atoms with Crippen LogP contribution < -0.4 is 4.74 Å². The van der Waals surface area contributed by atoms with E-state index in [1.165, 1.54) is 72.0 Å². The highest BCUT2D eigenvalue weighted by molar-refractivity contribution is 6.00.